The number of aromatic nitrogens is 2. The van der Waals surface area contributed by atoms with Gasteiger partial charge in [0.1, 0.15) is 10.6 Å². The summed E-state index contributed by atoms with van der Waals surface area (Å²) in [6.45, 7) is 0. The number of nitrogens with zero attached hydrogens (tertiary/aromatic N) is 3. The SMILES string of the molecule is CN(C)S(=O)(=O)c1cn(-c2ccccc2)nc1-c1cccs1. The molecule has 5 nitrogen and oxygen atoms in total. The summed E-state index contributed by atoms with van der Waals surface area (Å²) in [7, 11) is -0.522. The van der Waals surface area contributed by atoms with E-state index in [0.717, 1.165) is 10.6 Å². The van der Waals surface area contributed by atoms with Crippen molar-refractivity contribution in [1.82, 2.24) is 14.1 Å². The molecule has 0 saturated heterocycles. The van der Waals surface area contributed by atoms with Crippen LogP contribution in [-0.2, 0) is 10.0 Å². The van der Waals surface area contributed by atoms with E-state index < -0.39 is 10.0 Å². The van der Waals surface area contributed by atoms with Crippen LogP contribution < -0.4 is 0 Å². The summed E-state index contributed by atoms with van der Waals surface area (Å²) in [5.74, 6) is 0. The highest BCUT2D eigenvalue weighted by Gasteiger charge is 2.26. The van der Waals surface area contributed by atoms with Crippen molar-refractivity contribution in [2.75, 3.05) is 14.1 Å². The monoisotopic (exact) mass is 333 g/mol. The molecule has 0 amide bonds. The fourth-order valence-electron chi connectivity index (χ4n) is 2.04. The zero-order chi connectivity index (χ0) is 15.7. The predicted octanol–water partition coefficient (Wildman–Crippen LogP) is 2.85. The van der Waals surface area contributed by atoms with Crippen LogP contribution >= 0.6 is 11.3 Å². The number of thiophene rings is 1. The molecule has 0 atom stereocenters. The van der Waals surface area contributed by atoms with Gasteiger partial charge in [0.15, 0.2) is 0 Å². The van der Waals surface area contributed by atoms with E-state index >= 15 is 0 Å². The Hall–Kier alpha value is -1.96. The molecule has 7 heteroatoms. The minimum Gasteiger partial charge on any atom is -0.239 e. The van der Waals surface area contributed by atoms with Crippen LogP contribution in [0.2, 0.25) is 0 Å². The van der Waals surface area contributed by atoms with E-state index in [1.165, 1.54) is 29.7 Å². The maximum Gasteiger partial charge on any atom is 0.246 e. The molecule has 22 heavy (non-hydrogen) atoms. The molecular formula is C15H15N3O2S2. The van der Waals surface area contributed by atoms with Gasteiger partial charge in [-0.2, -0.15) is 5.10 Å². The smallest absolute Gasteiger partial charge is 0.239 e. The van der Waals surface area contributed by atoms with Crippen molar-refractivity contribution < 1.29 is 8.42 Å². The maximum absolute atomic E-state index is 12.6. The fraction of sp³-hybridized carbons (Fsp3) is 0.133. The first kappa shape index (κ1) is 15.0. The number of hydrogen-bond acceptors (Lipinski definition) is 4. The van der Waals surface area contributed by atoms with Gasteiger partial charge in [-0.1, -0.05) is 24.3 Å². The molecule has 2 heterocycles. The van der Waals surface area contributed by atoms with Gasteiger partial charge in [-0.15, -0.1) is 11.3 Å². The number of hydrogen-bond donors (Lipinski definition) is 0. The van der Waals surface area contributed by atoms with Gasteiger partial charge in [0, 0.05) is 14.1 Å². The number of benzene rings is 1. The number of sulfonamides is 1. The van der Waals surface area contributed by atoms with Gasteiger partial charge in [-0.05, 0) is 23.6 Å². The lowest BCUT2D eigenvalue weighted by molar-refractivity contribution is 0.521. The Balaban J connectivity index is 2.22. The zero-order valence-corrected chi connectivity index (χ0v) is 13.8. The Morgan fingerprint density at radius 1 is 1.09 bits per heavy atom. The van der Waals surface area contributed by atoms with Gasteiger partial charge >= 0.3 is 0 Å². The molecule has 0 bridgehead atoms. The molecule has 0 aliphatic carbocycles. The number of para-hydroxylation sites is 1. The lowest BCUT2D eigenvalue weighted by Crippen LogP contribution is -2.22. The average molecular weight is 333 g/mol. The average Bonchev–Trinajstić information content (AvgIpc) is 3.17. The molecule has 2 aromatic heterocycles. The van der Waals surface area contributed by atoms with Crippen LogP contribution in [-0.4, -0.2) is 36.6 Å². The second-order valence-electron chi connectivity index (χ2n) is 4.89. The summed E-state index contributed by atoms with van der Waals surface area (Å²) in [5.41, 5.74) is 1.30. The minimum atomic E-state index is -3.56. The van der Waals surface area contributed by atoms with E-state index in [1.807, 2.05) is 47.8 Å². The van der Waals surface area contributed by atoms with Gasteiger partial charge in [-0.25, -0.2) is 17.4 Å². The van der Waals surface area contributed by atoms with Crippen molar-refractivity contribution in [3.05, 3.63) is 54.0 Å². The first-order chi connectivity index (χ1) is 10.5. The summed E-state index contributed by atoms with van der Waals surface area (Å²) in [4.78, 5) is 1.04. The van der Waals surface area contributed by atoms with Crippen LogP contribution in [0.1, 0.15) is 0 Å². The van der Waals surface area contributed by atoms with Crippen molar-refractivity contribution in [3.63, 3.8) is 0 Å². The lowest BCUT2D eigenvalue weighted by atomic mass is 10.3. The Morgan fingerprint density at radius 3 is 2.41 bits per heavy atom. The Morgan fingerprint density at radius 2 is 1.82 bits per heavy atom. The quantitative estimate of drug-likeness (QED) is 0.738. The third kappa shape index (κ3) is 2.58. The van der Waals surface area contributed by atoms with E-state index in [4.69, 9.17) is 0 Å². The second-order valence-corrected chi connectivity index (χ2v) is 7.95. The van der Waals surface area contributed by atoms with Gasteiger partial charge in [0.2, 0.25) is 10.0 Å². The first-order valence-corrected chi connectivity index (χ1v) is 8.93. The molecule has 3 aromatic rings. The fourth-order valence-corrected chi connectivity index (χ4v) is 3.85. The van der Waals surface area contributed by atoms with Gasteiger partial charge in [0.05, 0.1) is 16.8 Å². The molecule has 0 unspecified atom stereocenters. The largest absolute Gasteiger partial charge is 0.246 e. The summed E-state index contributed by atoms with van der Waals surface area (Å²) in [6, 6.07) is 13.2. The lowest BCUT2D eigenvalue weighted by Gasteiger charge is -2.10. The molecular weight excluding hydrogens is 318 g/mol. The van der Waals surface area contributed by atoms with Crippen LogP contribution in [0.3, 0.4) is 0 Å². The highest BCUT2D eigenvalue weighted by Crippen LogP contribution is 2.31. The van der Waals surface area contributed by atoms with Crippen molar-refractivity contribution in [3.8, 4) is 16.3 Å². The first-order valence-electron chi connectivity index (χ1n) is 6.61. The molecule has 0 N–H and O–H groups in total. The molecule has 0 aliphatic rings. The standard InChI is InChI=1S/C15H15N3O2S2/c1-17(2)22(19,20)14-11-18(12-7-4-3-5-8-12)16-15(14)13-9-6-10-21-13/h3-11H,1-2H3. The van der Waals surface area contributed by atoms with E-state index in [-0.39, 0.29) is 4.90 Å². The molecule has 114 valence electrons. The molecule has 0 aliphatic heterocycles. The van der Waals surface area contributed by atoms with Crippen molar-refractivity contribution >= 4 is 21.4 Å². The molecule has 0 saturated carbocycles. The zero-order valence-electron chi connectivity index (χ0n) is 12.2. The Labute approximate surface area is 133 Å². The molecule has 0 fully saturated rings. The normalized spacial score (nSPS) is 12.0. The van der Waals surface area contributed by atoms with E-state index in [1.54, 1.807) is 10.9 Å². The minimum absolute atomic E-state index is 0.212. The molecule has 3 rings (SSSR count). The highest BCUT2D eigenvalue weighted by molar-refractivity contribution is 7.89. The highest BCUT2D eigenvalue weighted by atomic mass is 32.2. The summed E-state index contributed by atoms with van der Waals surface area (Å²) in [6.07, 6.45) is 1.57. The van der Waals surface area contributed by atoms with E-state index in [0.29, 0.717) is 5.69 Å². The van der Waals surface area contributed by atoms with Crippen molar-refractivity contribution in [2.24, 2.45) is 0 Å². The molecule has 1 aromatic carbocycles. The van der Waals surface area contributed by atoms with Crippen LogP contribution in [0.25, 0.3) is 16.3 Å². The third-order valence-corrected chi connectivity index (χ3v) is 5.91. The van der Waals surface area contributed by atoms with Gasteiger partial charge in [-0.3, -0.25) is 0 Å². The van der Waals surface area contributed by atoms with Crippen LogP contribution in [0.4, 0.5) is 0 Å². The molecule has 0 radical (unpaired) electrons. The van der Waals surface area contributed by atoms with Crippen molar-refractivity contribution in [2.45, 2.75) is 4.90 Å². The van der Waals surface area contributed by atoms with Crippen LogP contribution in [0, 0.1) is 0 Å². The van der Waals surface area contributed by atoms with E-state index in [2.05, 4.69) is 5.10 Å². The predicted molar refractivity (Wildman–Crippen MR) is 87.7 cm³/mol. The maximum atomic E-state index is 12.6. The van der Waals surface area contributed by atoms with Crippen LogP contribution in [0.15, 0.2) is 58.9 Å². The summed E-state index contributed by atoms with van der Waals surface area (Å²) >= 11 is 1.47. The third-order valence-electron chi connectivity index (χ3n) is 3.21. The summed E-state index contributed by atoms with van der Waals surface area (Å²) < 4.78 is 27.9. The van der Waals surface area contributed by atoms with Crippen LogP contribution in [0.5, 0.6) is 0 Å². The second kappa shape index (κ2) is 5.68. The number of rotatable bonds is 4. The Bertz CT molecular complexity index is 867. The van der Waals surface area contributed by atoms with E-state index in [9.17, 15) is 8.42 Å². The molecule has 0 spiro atoms. The summed E-state index contributed by atoms with van der Waals surface area (Å²) in [5, 5.41) is 6.40. The Kier molecular flexibility index (Phi) is 3.86. The van der Waals surface area contributed by atoms with Gasteiger partial charge < -0.3 is 0 Å². The topological polar surface area (TPSA) is 55.2 Å². The van der Waals surface area contributed by atoms with Gasteiger partial charge in [0.25, 0.3) is 0 Å². The van der Waals surface area contributed by atoms with Crippen molar-refractivity contribution in [1.29, 1.82) is 0 Å².